The smallest absolute Gasteiger partial charge is 0.241 e. The van der Waals surface area contributed by atoms with Crippen LogP contribution in [0.15, 0.2) is 18.2 Å². The minimum atomic E-state index is -3.25. The van der Waals surface area contributed by atoms with Crippen molar-refractivity contribution in [1.82, 2.24) is 9.21 Å². The highest BCUT2D eigenvalue weighted by molar-refractivity contribution is 7.88. The van der Waals surface area contributed by atoms with Crippen molar-refractivity contribution in [3.05, 3.63) is 29.8 Å². The molecule has 1 aromatic rings. The van der Waals surface area contributed by atoms with Gasteiger partial charge in [-0.15, -0.1) is 0 Å². The molecule has 1 aliphatic heterocycles. The number of sulfonamides is 1. The second-order valence-electron chi connectivity index (χ2n) is 5.02. The van der Waals surface area contributed by atoms with Crippen LogP contribution in [0.25, 0.3) is 0 Å². The molecule has 6 nitrogen and oxygen atoms in total. The summed E-state index contributed by atoms with van der Waals surface area (Å²) in [7, 11) is -3.25. The Bertz CT molecular complexity index is 658. The van der Waals surface area contributed by atoms with Crippen molar-refractivity contribution in [2.24, 2.45) is 0 Å². The first-order valence-electron chi connectivity index (χ1n) is 6.69. The van der Waals surface area contributed by atoms with Crippen LogP contribution in [-0.2, 0) is 14.8 Å². The van der Waals surface area contributed by atoms with Crippen LogP contribution >= 0.6 is 0 Å². The van der Waals surface area contributed by atoms with Gasteiger partial charge in [-0.25, -0.2) is 17.2 Å². The molecular formula is C13H17F2N3O3S. The average molecular weight is 333 g/mol. The van der Waals surface area contributed by atoms with Crippen LogP contribution < -0.4 is 5.32 Å². The number of benzene rings is 1. The molecule has 0 unspecified atom stereocenters. The number of nitrogens with zero attached hydrogens (tertiary/aromatic N) is 2. The van der Waals surface area contributed by atoms with Crippen LogP contribution in [0.5, 0.6) is 0 Å². The highest BCUT2D eigenvalue weighted by Crippen LogP contribution is 2.15. The first kappa shape index (κ1) is 16.6. The number of rotatable bonds is 4. The summed E-state index contributed by atoms with van der Waals surface area (Å²) in [5, 5.41) is 2.55. The van der Waals surface area contributed by atoms with Crippen molar-refractivity contribution in [3.8, 4) is 0 Å². The van der Waals surface area contributed by atoms with E-state index < -0.39 is 21.7 Å². The molecule has 0 bridgehead atoms. The molecule has 0 saturated carbocycles. The summed E-state index contributed by atoms with van der Waals surface area (Å²) in [5.41, 5.74) is -0.0804. The fourth-order valence-electron chi connectivity index (χ4n) is 2.18. The molecule has 22 heavy (non-hydrogen) atoms. The second kappa shape index (κ2) is 6.57. The van der Waals surface area contributed by atoms with Gasteiger partial charge in [0.25, 0.3) is 0 Å². The Balaban J connectivity index is 1.87. The van der Waals surface area contributed by atoms with Crippen LogP contribution in [0.1, 0.15) is 0 Å². The van der Waals surface area contributed by atoms with Crippen molar-refractivity contribution in [2.75, 3.05) is 44.3 Å². The summed E-state index contributed by atoms with van der Waals surface area (Å²) in [5.74, 6) is -1.54. The molecule has 1 heterocycles. The third-order valence-corrected chi connectivity index (χ3v) is 4.72. The maximum absolute atomic E-state index is 13.4. The van der Waals surface area contributed by atoms with E-state index in [4.69, 9.17) is 0 Å². The molecule has 2 rings (SSSR count). The molecule has 122 valence electrons. The summed E-state index contributed by atoms with van der Waals surface area (Å²) < 4.78 is 50.5. The Hall–Kier alpha value is -1.74. The number of halogens is 2. The van der Waals surface area contributed by atoms with E-state index in [0.717, 1.165) is 24.5 Å². The van der Waals surface area contributed by atoms with Gasteiger partial charge in [0.1, 0.15) is 11.6 Å². The van der Waals surface area contributed by atoms with Gasteiger partial charge in [-0.2, -0.15) is 4.31 Å². The summed E-state index contributed by atoms with van der Waals surface area (Å²) in [4.78, 5) is 13.5. The highest BCUT2D eigenvalue weighted by Gasteiger charge is 2.25. The van der Waals surface area contributed by atoms with E-state index in [-0.39, 0.29) is 44.3 Å². The van der Waals surface area contributed by atoms with Crippen molar-refractivity contribution >= 4 is 21.6 Å². The predicted octanol–water partition coefficient (Wildman–Crippen LogP) is 0.480. The lowest BCUT2D eigenvalue weighted by Gasteiger charge is -2.33. The monoisotopic (exact) mass is 333 g/mol. The summed E-state index contributed by atoms with van der Waals surface area (Å²) >= 11 is 0. The normalized spacial score (nSPS) is 16.6. The summed E-state index contributed by atoms with van der Waals surface area (Å²) in [6, 6.07) is 2.95. The molecule has 0 atom stereocenters. The summed E-state index contributed by atoms with van der Waals surface area (Å²) in [6.45, 7) is 0.843. The molecule has 1 N–H and O–H groups in total. The van der Waals surface area contributed by atoms with Gasteiger partial charge in [0.2, 0.25) is 15.9 Å². The first-order valence-corrected chi connectivity index (χ1v) is 8.54. The molecule has 1 saturated heterocycles. The molecule has 1 aromatic carbocycles. The maximum Gasteiger partial charge on any atom is 0.241 e. The maximum atomic E-state index is 13.4. The average Bonchev–Trinajstić information content (AvgIpc) is 2.47. The zero-order chi connectivity index (χ0) is 16.3. The third kappa shape index (κ3) is 4.14. The Labute approximate surface area is 127 Å². The largest absolute Gasteiger partial charge is 0.374 e. The lowest BCUT2D eigenvalue weighted by molar-refractivity contribution is -0.130. The van der Waals surface area contributed by atoms with Crippen molar-refractivity contribution in [2.45, 2.75) is 0 Å². The standard InChI is InChI=1S/C13H17F2N3O3S/c1-22(20,21)18-6-4-17(5-7-18)13(19)9-16-12-8-10(14)2-3-11(12)15/h2-3,8,16H,4-7,9H2,1H3. The molecule has 0 spiro atoms. The van der Waals surface area contributed by atoms with E-state index in [2.05, 4.69) is 5.32 Å². The van der Waals surface area contributed by atoms with Gasteiger partial charge < -0.3 is 10.2 Å². The summed E-state index contributed by atoms with van der Waals surface area (Å²) in [6.07, 6.45) is 1.12. The SMILES string of the molecule is CS(=O)(=O)N1CCN(C(=O)CNc2cc(F)ccc2F)CC1. The lowest BCUT2D eigenvalue weighted by Crippen LogP contribution is -2.51. The highest BCUT2D eigenvalue weighted by atomic mass is 32.2. The predicted molar refractivity (Wildman–Crippen MR) is 77.8 cm³/mol. The molecule has 9 heteroatoms. The molecule has 1 aliphatic rings. The quantitative estimate of drug-likeness (QED) is 0.870. The Kier molecular flexibility index (Phi) is 4.97. The Morgan fingerprint density at radius 2 is 1.86 bits per heavy atom. The van der Waals surface area contributed by atoms with Gasteiger partial charge >= 0.3 is 0 Å². The van der Waals surface area contributed by atoms with E-state index in [1.165, 1.54) is 9.21 Å². The van der Waals surface area contributed by atoms with Gasteiger partial charge in [0.05, 0.1) is 18.5 Å². The molecule has 1 amide bonds. The Morgan fingerprint density at radius 1 is 1.23 bits per heavy atom. The van der Waals surface area contributed by atoms with Crippen LogP contribution in [-0.4, -0.2) is 62.5 Å². The van der Waals surface area contributed by atoms with E-state index >= 15 is 0 Å². The van der Waals surface area contributed by atoms with E-state index in [1.54, 1.807) is 0 Å². The van der Waals surface area contributed by atoms with E-state index in [0.29, 0.717) is 0 Å². The number of nitrogens with one attached hydrogen (secondary N) is 1. The molecular weight excluding hydrogens is 316 g/mol. The molecule has 0 aliphatic carbocycles. The van der Waals surface area contributed by atoms with Gasteiger partial charge in [0.15, 0.2) is 0 Å². The molecule has 1 fully saturated rings. The number of hydrogen-bond acceptors (Lipinski definition) is 4. The van der Waals surface area contributed by atoms with Crippen molar-refractivity contribution in [3.63, 3.8) is 0 Å². The van der Waals surface area contributed by atoms with E-state index in [1.807, 2.05) is 0 Å². The number of piperazine rings is 1. The van der Waals surface area contributed by atoms with Crippen LogP contribution in [0.4, 0.5) is 14.5 Å². The van der Waals surface area contributed by atoms with Crippen LogP contribution in [0, 0.1) is 11.6 Å². The van der Waals surface area contributed by atoms with Gasteiger partial charge in [-0.1, -0.05) is 0 Å². The van der Waals surface area contributed by atoms with Crippen molar-refractivity contribution < 1.29 is 22.0 Å². The zero-order valence-electron chi connectivity index (χ0n) is 12.1. The van der Waals surface area contributed by atoms with Gasteiger partial charge in [0, 0.05) is 26.2 Å². The number of hydrogen-bond donors (Lipinski definition) is 1. The van der Waals surface area contributed by atoms with Gasteiger partial charge in [-0.05, 0) is 18.2 Å². The first-order chi connectivity index (χ1) is 10.3. The van der Waals surface area contributed by atoms with Crippen LogP contribution in [0.2, 0.25) is 0 Å². The third-order valence-electron chi connectivity index (χ3n) is 3.42. The topological polar surface area (TPSA) is 69.7 Å². The molecule has 0 aromatic heterocycles. The fraction of sp³-hybridized carbons (Fsp3) is 0.462. The number of carbonyl (C=O) groups excluding carboxylic acids is 1. The van der Waals surface area contributed by atoms with E-state index in [9.17, 15) is 22.0 Å². The minimum Gasteiger partial charge on any atom is -0.374 e. The minimum absolute atomic E-state index is 0.0804. The Morgan fingerprint density at radius 3 is 2.45 bits per heavy atom. The number of carbonyl (C=O) groups is 1. The molecule has 0 radical (unpaired) electrons. The number of amides is 1. The number of anilines is 1. The zero-order valence-corrected chi connectivity index (χ0v) is 12.9. The van der Waals surface area contributed by atoms with Crippen molar-refractivity contribution in [1.29, 1.82) is 0 Å². The lowest BCUT2D eigenvalue weighted by atomic mass is 10.3. The fourth-order valence-corrected chi connectivity index (χ4v) is 3.01. The van der Waals surface area contributed by atoms with Crippen LogP contribution in [0.3, 0.4) is 0 Å². The second-order valence-corrected chi connectivity index (χ2v) is 7.00. The van der Waals surface area contributed by atoms with Gasteiger partial charge in [-0.3, -0.25) is 4.79 Å².